The maximum absolute atomic E-state index is 15.3. The third-order valence-electron chi connectivity index (χ3n) is 7.45. The van der Waals surface area contributed by atoms with E-state index in [1.54, 1.807) is 5.10 Å². The van der Waals surface area contributed by atoms with Gasteiger partial charge in [-0.1, -0.05) is 0 Å². The molecule has 3 aromatic rings. The first-order chi connectivity index (χ1) is 19.7. The number of aromatic amines is 1. The van der Waals surface area contributed by atoms with Gasteiger partial charge in [-0.3, -0.25) is 4.79 Å². The van der Waals surface area contributed by atoms with E-state index < -0.39 is 52.2 Å². The minimum Gasteiger partial charge on any atom is -0.488 e. The number of benzene rings is 1. The van der Waals surface area contributed by atoms with E-state index in [1.807, 2.05) is 0 Å². The van der Waals surface area contributed by atoms with Crippen LogP contribution in [0.25, 0.3) is 17.2 Å². The smallest absolute Gasteiger partial charge is 0.425 e. The van der Waals surface area contributed by atoms with Gasteiger partial charge in [0.25, 0.3) is 5.56 Å². The molecule has 8 nitrogen and oxygen atoms in total. The predicted molar refractivity (Wildman–Crippen MR) is 138 cm³/mol. The molecule has 1 aliphatic carbocycles. The van der Waals surface area contributed by atoms with Gasteiger partial charge in [-0.05, 0) is 51.5 Å². The molecule has 2 aromatic heterocycles. The normalized spacial score (nSPS) is 19.4. The van der Waals surface area contributed by atoms with E-state index in [-0.39, 0.29) is 41.5 Å². The minimum atomic E-state index is -4.94. The van der Waals surface area contributed by atoms with Gasteiger partial charge in [0.15, 0.2) is 28.8 Å². The summed E-state index contributed by atoms with van der Waals surface area (Å²) in [6.45, 7) is 3.12. The first kappa shape index (κ1) is 29.5. The highest BCUT2D eigenvalue weighted by Gasteiger charge is 2.39. The molecule has 42 heavy (non-hydrogen) atoms. The van der Waals surface area contributed by atoms with Crippen LogP contribution in [0, 0.1) is 17.6 Å². The Kier molecular flexibility index (Phi) is 7.77. The first-order valence-electron chi connectivity index (χ1n) is 13.2. The van der Waals surface area contributed by atoms with Crippen molar-refractivity contribution in [2.45, 2.75) is 64.0 Å². The van der Waals surface area contributed by atoms with E-state index in [9.17, 15) is 23.1 Å². The molecular formula is C28H27F6N5O3. The van der Waals surface area contributed by atoms with Crippen LogP contribution >= 0.6 is 0 Å². The number of H-pyrrole nitrogens is 1. The number of aromatic nitrogens is 4. The average molecular weight is 596 g/mol. The topological polar surface area (TPSA) is 104 Å². The van der Waals surface area contributed by atoms with Gasteiger partial charge in [-0.2, -0.15) is 18.3 Å². The van der Waals surface area contributed by atoms with Crippen molar-refractivity contribution in [2.24, 2.45) is 5.92 Å². The van der Waals surface area contributed by atoms with Crippen LogP contribution in [-0.2, 0) is 18.3 Å². The molecule has 3 heterocycles. The molecule has 2 aliphatic rings. The van der Waals surface area contributed by atoms with Crippen LogP contribution in [0.3, 0.4) is 0 Å². The largest absolute Gasteiger partial charge is 0.488 e. The van der Waals surface area contributed by atoms with Gasteiger partial charge < -0.3 is 14.7 Å². The van der Waals surface area contributed by atoms with Crippen LogP contribution in [0.15, 0.2) is 35.7 Å². The van der Waals surface area contributed by atoms with Crippen LogP contribution in [0.5, 0.6) is 5.75 Å². The van der Waals surface area contributed by atoms with Gasteiger partial charge in [-0.25, -0.2) is 28.2 Å². The van der Waals surface area contributed by atoms with Crippen molar-refractivity contribution in [3.8, 4) is 17.1 Å². The van der Waals surface area contributed by atoms with Crippen molar-refractivity contribution < 1.29 is 36.2 Å². The molecular weight excluding hydrogens is 568 g/mol. The Hall–Kier alpha value is -3.94. The van der Waals surface area contributed by atoms with Gasteiger partial charge in [0.05, 0.1) is 23.5 Å². The highest BCUT2D eigenvalue weighted by atomic mass is 19.4. The van der Waals surface area contributed by atoms with Crippen molar-refractivity contribution in [3.63, 3.8) is 0 Å². The number of hydrogen-bond acceptors (Lipinski definition) is 7. The minimum absolute atomic E-state index is 0.136. The molecule has 1 saturated carbocycles. The first-order valence-corrected chi connectivity index (χ1v) is 13.2. The third kappa shape index (κ3) is 5.98. The predicted octanol–water partition coefficient (Wildman–Crippen LogP) is 5.47. The van der Waals surface area contributed by atoms with Crippen molar-refractivity contribution >= 4 is 5.83 Å². The molecule has 0 unspecified atom stereocenters. The number of hydrogen-bond donors (Lipinski definition) is 2. The molecule has 2 atom stereocenters. The quantitative estimate of drug-likeness (QED) is 0.364. The summed E-state index contributed by atoms with van der Waals surface area (Å²) in [5.74, 6) is -4.27. The molecule has 2 N–H and O–H groups in total. The second kappa shape index (κ2) is 11.0. The van der Waals surface area contributed by atoms with Gasteiger partial charge in [0.1, 0.15) is 5.83 Å². The lowest BCUT2D eigenvalue weighted by Gasteiger charge is -2.35. The number of nitrogens with one attached hydrogen (secondary N) is 1. The zero-order valence-electron chi connectivity index (χ0n) is 22.6. The third-order valence-corrected chi connectivity index (χ3v) is 7.45. The highest BCUT2D eigenvalue weighted by Crippen LogP contribution is 2.38. The molecule has 5 rings (SSSR count). The lowest BCUT2D eigenvalue weighted by Crippen LogP contribution is -2.34. The van der Waals surface area contributed by atoms with Gasteiger partial charge in [-0.15, -0.1) is 0 Å². The van der Waals surface area contributed by atoms with Crippen molar-refractivity contribution in [1.82, 2.24) is 25.1 Å². The van der Waals surface area contributed by atoms with E-state index in [0.29, 0.717) is 31.2 Å². The molecule has 224 valence electrons. The Bertz CT molecular complexity index is 1570. The monoisotopic (exact) mass is 595 g/mol. The summed E-state index contributed by atoms with van der Waals surface area (Å²) in [6, 6.07) is 1.15. The fraction of sp³-hybridized carbons (Fsp3) is 0.429. The molecule has 0 amide bonds. The van der Waals surface area contributed by atoms with Crippen molar-refractivity contribution in [1.29, 1.82) is 0 Å². The van der Waals surface area contributed by atoms with Gasteiger partial charge >= 0.3 is 6.18 Å². The maximum atomic E-state index is 15.3. The standard InChI is InChI=1S/C28H27F6N5O3/c1-27(2,41)15-8-35-25(36-9-15)18-7-17-19(24(31)23(18)30)12-39(13-20(17)29)11-14-4-3-5-16(6-14)42-21-10-37-38-26(40)22(21)28(32,33)34/h7-10,13-14,16,41H,3-6,11-12H2,1-2H3,(H,38,40)/t14-,16+/m1/s1. The summed E-state index contributed by atoms with van der Waals surface area (Å²) in [7, 11) is 0. The van der Waals surface area contributed by atoms with Crippen LogP contribution in [0.1, 0.15) is 61.8 Å². The van der Waals surface area contributed by atoms with E-state index >= 15 is 13.2 Å². The van der Waals surface area contributed by atoms with E-state index in [1.165, 1.54) is 37.3 Å². The Balaban J connectivity index is 1.32. The Morgan fingerprint density at radius 3 is 2.45 bits per heavy atom. The molecule has 1 fully saturated rings. The SMILES string of the molecule is CC(C)(O)c1cnc(-c2cc3c(c(F)c2F)CN(C[C@@H]2CCC[C@H](Oc4cn[nH]c(=O)c4C(F)(F)F)C2)C=C3F)nc1. The van der Waals surface area contributed by atoms with Crippen molar-refractivity contribution in [2.75, 3.05) is 6.54 Å². The van der Waals surface area contributed by atoms with Crippen LogP contribution < -0.4 is 10.3 Å². The summed E-state index contributed by atoms with van der Waals surface area (Å²) in [6.07, 6.45) is 0.976. The molecule has 1 aromatic carbocycles. The number of alkyl halides is 3. The zero-order valence-corrected chi connectivity index (χ0v) is 22.6. The molecule has 14 heteroatoms. The number of ether oxygens (including phenoxy) is 1. The highest BCUT2D eigenvalue weighted by molar-refractivity contribution is 5.71. The molecule has 0 spiro atoms. The summed E-state index contributed by atoms with van der Waals surface area (Å²) >= 11 is 0. The van der Waals surface area contributed by atoms with Crippen LogP contribution in [0.2, 0.25) is 0 Å². The second-order valence-corrected chi connectivity index (χ2v) is 11.0. The summed E-state index contributed by atoms with van der Waals surface area (Å²) < 4.78 is 91.4. The Morgan fingerprint density at radius 1 is 1.07 bits per heavy atom. The summed E-state index contributed by atoms with van der Waals surface area (Å²) in [5.41, 5.74) is -4.41. The number of aliphatic hydroxyl groups is 1. The Labute approximate surface area is 236 Å². The molecule has 0 bridgehead atoms. The van der Waals surface area contributed by atoms with Crippen LogP contribution in [0.4, 0.5) is 26.3 Å². The van der Waals surface area contributed by atoms with Gasteiger partial charge in [0, 0.05) is 48.4 Å². The fourth-order valence-corrected chi connectivity index (χ4v) is 5.34. The number of nitrogens with zero attached hydrogens (tertiary/aromatic N) is 4. The van der Waals surface area contributed by atoms with E-state index in [2.05, 4.69) is 15.1 Å². The van der Waals surface area contributed by atoms with E-state index in [4.69, 9.17) is 4.74 Å². The lowest BCUT2D eigenvalue weighted by atomic mass is 9.86. The van der Waals surface area contributed by atoms with E-state index in [0.717, 1.165) is 12.3 Å². The average Bonchev–Trinajstić information content (AvgIpc) is 2.90. The molecule has 0 radical (unpaired) electrons. The van der Waals surface area contributed by atoms with Crippen LogP contribution in [-0.4, -0.2) is 42.8 Å². The molecule has 1 aliphatic heterocycles. The Morgan fingerprint density at radius 2 is 1.79 bits per heavy atom. The summed E-state index contributed by atoms with van der Waals surface area (Å²) in [4.78, 5) is 21.3. The van der Waals surface area contributed by atoms with Crippen molar-refractivity contribution in [3.05, 3.63) is 75.1 Å². The number of halogens is 6. The second-order valence-electron chi connectivity index (χ2n) is 11.0. The maximum Gasteiger partial charge on any atom is 0.425 e. The number of fused-ring (bicyclic) bond motifs is 1. The van der Waals surface area contributed by atoms with Gasteiger partial charge in [0.2, 0.25) is 0 Å². The number of rotatable bonds is 6. The molecule has 0 saturated heterocycles. The lowest BCUT2D eigenvalue weighted by molar-refractivity contribution is -0.140. The zero-order chi connectivity index (χ0) is 30.4. The fourth-order valence-electron chi connectivity index (χ4n) is 5.34. The summed E-state index contributed by atoms with van der Waals surface area (Å²) in [5, 5.41) is 15.3.